The van der Waals surface area contributed by atoms with E-state index in [9.17, 15) is 26.8 Å². The number of alkyl halides is 2. The molecule has 13 heteroatoms. The van der Waals surface area contributed by atoms with Crippen molar-refractivity contribution in [1.29, 1.82) is 0 Å². The third-order valence-electron chi connectivity index (χ3n) is 4.61. The lowest BCUT2D eigenvalue weighted by atomic mass is 10.1. The van der Waals surface area contributed by atoms with Gasteiger partial charge in [-0.25, -0.2) is 23.5 Å². The SMILES string of the molecule is Cc1ccc(C(=O)Nc2ccnc(OC(=O)N=S(=O)=O)c2)c(N2CCCC(F)(F)CC2)n1. The fourth-order valence-electron chi connectivity index (χ4n) is 3.15. The summed E-state index contributed by atoms with van der Waals surface area (Å²) in [5.41, 5.74) is 1.02. The molecule has 32 heavy (non-hydrogen) atoms. The quantitative estimate of drug-likeness (QED) is 0.725. The molecule has 0 aliphatic carbocycles. The molecule has 1 aliphatic heterocycles. The van der Waals surface area contributed by atoms with Gasteiger partial charge in [0, 0.05) is 49.6 Å². The van der Waals surface area contributed by atoms with Crippen LogP contribution in [0.5, 0.6) is 5.88 Å². The molecule has 1 saturated heterocycles. The standard InChI is InChI=1S/C19H19F2N5O5S/c1-12-3-4-14(16(23-12)26-9-2-6-19(20,21)7-10-26)17(27)24-13-5-8-22-15(11-13)31-18(28)25-32(29)30/h3-5,8,11H,2,6-7,9-10H2,1H3,(H,22,24,27). The smallest absolute Gasteiger partial charge is 0.389 e. The molecule has 170 valence electrons. The van der Waals surface area contributed by atoms with Crippen molar-refractivity contribution >= 4 is 34.0 Å². The first-order valence-corrected chi connectivity index (χ1v) is 10.6. The van der Waals surface area contributed by atoms with Crippen molar-refractivity contribution in [2.75, 3.05) is 23.3 Å². The van der Waals surface area contributed by atoms with Crippen molar-refractivity contribution in [2.45, 2.75) is 32.1 Å². The van der Waals surface area contributed by atoms with Crippen LogP contribution in [0.4, 0.5) is 25.1 Å². The van der Waals surface area contributed by atoms with Crippen LogP contribution in [-0.2, 0) is 10.5 Å². The number of nitrogens with zero attached hydrogens (tertiary/aromatic N) is 4. The normalized spacial score (nSPS) is 15.4. The number of anilines is 2. The molecule has 0 bridgehead atoms. The minimum Gasteiger partial charge on any atom is -0.389 e. The molecule has 0 spiro atoms. The summed E-state index contributed by atoms with van der Waals surface area (Å²) in [6.45, 7) is 2.14. The van der Waals surface area contributed by atoms with Crippen LogP contribution < -0.4 is 15.0 Å². The van der Waals surface area contributed by atoms with Gasteiger partial charge in [0.25, 0.3) is 5.91 Å². The third-order valence-corrected chi connectivity index (χ3v) is 4.91. The predicted molar refractivity (Wildman–Crippen MR) is 110 cm³/mol. The zero-order valence-corrected chi connectivity index (χ0v) is 17.7. The highest BCUT2D eigenvalue weighted by Gasteiger charge is 2.33. The van der Waals surface area contributed by atoms with E-state index in [-0.39, 0.29) is 42.9 Å². The van der Waals surface area contributed by atoms with Crippen LogP contribution in [0.25, 0.3) is 0 Å². The summed E-state index contributed by atoms with van der Waals surface area (Å²) in [4.78, 5) is 34.1. The Morgan fingerprint density at radius 2 is 2.00 bits per heavy atom. The topological polar surface area (TPSA) is 131 Å². The first-order valence-electron chi connectivity index (χ1n) is 9.54. The number of carbonyl (C=O) groups excluding carboxylic acids is 2. The van der Waals surface area contributed by atoms with E-state index in [1.54, 1.807) is 24.0 Å². The van der Waals surface area contributed by atoms with Crippen molar-refractivity contribution in [2.24, 2.45) is 4.36 Å². The summed E-state index contributed by atoms with van der Waals surface area (Å²) < 4.78 is 55.7. The van der Waals surface area contributed by atoms with Crippen LogP contribution in [0, 0.1) is 6.92 Å². The highest BCUT2D eigenvalue weighted by Crippen LogP contribution is 2.31. The summed E-state index contributed by atoms with van der Waals surface area (Å²) in [6, 6.07) is 5.81. The lowest BCUT2D eigenvalue weighted by Crippen LogP contribution is -2.29. The number of nitrogens with one attached hydrogen (secondary N) is 1. The molecule has 2 aromatic heterocycles. The van der Waals surface area contributed by atoms with E-state index in [4.69, 9.17) is 0 Å². The van der Waals surface area contributed by atoms with Gasteiger partial charge in [0.1, 0.15) is 5.82 Å². The van der Waals surface area contributed by atoms with Gasteiger partial charge in [-0.1, -0.05) is 4.36 Å². The van der Waals surface area contributed by atoms with Crippen molar-refractivity contribution in [3.63, 3.8) is 0 Å². The lowest BCUT2D eigenvalue weighted by molar-refractivity contribution is -0.0102. The van der Waals surface area contributed by atoms with E-state index >= 15 is 0 Å². The maximum Gasteiger partial charge on any atom is 0.455 e. The first-order chi connectivity index (χ1) is 15.1. The largest absolute Gasteiger partial charge is 0.455 e. The maximum absolute atomic E-state index is 13.8. The van der Waals surface area contributed by atoms with Crippen LogP contribution in [0.3, 0.4) is 0 Å². The maximum atomic E-state index is 13.8. The number of aryl methyl sites for hydroxylation is 1. The molecule has 1 fully saturated rings. The molecule has 1 aliphatic rings. The van der Waals surface area contributed by atoms with Gasteiger partial charge in [0.15, 0.2) is 0 Å². The molecule has 3 heterocycles. The molecule has 1 N–H and O–H groups in total. The first kappa shape index (κ1) is 23.2. The van der Waals surface area contributed by atoms with E-state index in [2.05, 4.69) is 24.4 Å². The Balaban J connectivity index is 1.81. The monoisotopic (exact) mass is 467 g/mol. The average molecular weight is 467 g/mol. The molecule has 2 amide bonds. The second kappa shape index (κ2) is 9.77. The summed E-state index contributed by atoms with van der Waals surface area (Å²) in [5, 5.41) is 2.61. The Morgan fingerprint density at radius 3 is 2.75 bits per heavy atom. The molecule has 0 aromatic carbocycles. The van der Waals surface area contributed by atoms with E-state index in [1.165, 1.54) is 18.3 Å². The second-order valence-electron chi connectivity index (χ2n) is 7.03. The van der Waals surface area contributed by atoms with Gasteiger partial charge in [-0.15, -0.1) is 0 Å². The minimum absolute atomic E-state index is 0.0592. The van der Waals surface area contributed by atoms with Crippen LogP contribution in [0.2, 0.25) is 0 Å². The van der Waals surface area contributed by atoms with Gasteiger partial charge in [-0.05, 0) is 31.5 Å². The van der Waals surface area contributed by atoms with Gasteiger partial charge in [-0.3, -0.25) is 4.79 Å². The fourth-order valence-corrected chi connectivity index (χ4v) is 3.31. The minimum atomic E-state index is -2.98. The van der Waals surface area contributed by atoms with E-state index in [0.717, 1.165) is 0 Å². The van der Waals surface area contributed by atoms with Gasteiger partial charge < -0.3 is 15.0 Å². The van der Waals surface area contributed by atoms with Gasteiger partial charge in [0.2, 0.25) is 11.8 Å². The van der Waals surface area contributed by atoms with Crippen molar-refractivity contribution in [3.8, 4) is 5.88 Å². The molecule has 10 nitrogen and oxygen atoms in total. The Labute approximate surface area is 183 Å². The number of aromatic nitrogens is 2. The molecular formula is C19H19F2N5O5S. The average Bonchev–Trinajstić information content (AvgIpc) is 2.87. The van der Waals surface area contributed by atoms with Crippen LogP contribution in [0.15, 0.2) is 34.8 Å². The number of rotatable bonds is 4. The number of halogens is 2. The molecule has 2 aromatic rings. The number of hydrogen-bond acceptors (Lipinski definition) is 8. The van der Waals surface area contributed by atoms with Crippen LogP contribution >= 0.6 is 0 Å². The Hall–Kier alpha value is -3.48. The highest BCUT2D eigenvalue weighted by atomic mass is 32.2. The highest BCUT2D eigenvalue weighted by molar-refractivity contribution is 7.62. The molecule has 0 radical (unpaired) electrons. The summed E-state index contributed by atoms with van der Waals surface area (Å²) in [7, 11) is -2.98. The molecule has 0 saturated carbocycles. The summed E-state index contributed by atoms with van der Waals surface area (Å²) >= 11 is 0. The van der Waals surface area contributed by atoms with Gasteiger partial charge in [0.05, 0.1) is 5.56 Å². The Kier molecular flexibility index (Phi) is 7.08. The van der Waals surface area contributed by atoms with Crippen molar-refractivity contribution in [3.05, 3.63) is 41.7 Å². The lowest BCUT2D eigenvalue weighted by Gasteiger charge is -2.24. The molecule has 3 rings (SSSR count). The van der Waals surface area contributed by atoms with Crippen molar-refractivity contribution < 1.29 is 31.5 Å². The Bertz CT molecular complexity index is 1160. The van der Waals surface area contributed by atoms with Gasteiger partial charge in [-0.2, -0.15) is 8.42 Å². The number of ether oxygens (including phenoxy) is 1. The predicted octanol–water partition coefficient (Wildman–Crippen LogP) is 3.22. The number of amides is 2. The molecule has 0 atom stereocenters. The molecular weight excluding hydrogens is 448 g/mol. The number of carbonyl (C=O) groups is 2. The van der Waals surface area contributed by atoms with E-state index < -0.39 is 28.4 Å². The molecule has 0 unspecified atom stereocenters. The van der Waals surface area contributed by atoms with Gasteiger partial charge >= 0.3 is 16.6 Å². The summed E-state index contributed by atoms with van der Waals surface area (Å²) in [5.74, 6) is -3.29. The van der Waals surface area contributed by atoms with E-state index in [0.29, 0.717) is 18.1 Å². The number of hydrogen-bond donors (Lipinski definition) is 1. The second-order valence-corrected chi connectivity index (χ2v) is 7.65. The number of pyridine rings is 2. The Morgan fingerprint density at radius 1 is 1.22 bits per heavy atom. The summed E-state index contributed by atoms with van der Waals surface area (Å²) in [6.07, 6.45) is -0.444. The van der Waals surface area contributed by atoms with E-state index in [1.807, 2.05) is 0 Å². The van der Waals surface area contributed by atoms with Crippen molar-refractivity contribution in [1.82, 2.24) is 9.97 Å². The zero-order chi connectivity index (χ0) is 23.3. The fraction of sp³-hybridized carbons (Fsp3) is 0.368. The van der Waals surface area contributed by atoms with Crippen LogP contribution in [-0.4, -0.2) is 49.4 Å². The third kappa shape index (κ3) is 6.26. The van der Waals surface area contributed by atoms with Crippen LogP contribution in [0.1, 0.15) is 35.3 Å². The zero-order valence-electron chi connectivity index (χ0n) is 16.9.